The molecular formula is C38H52N3O3PS2. The van der Waals surface area contributed by atoms with E-state index >= 15 is 0 Å². The van der Waals surface area contributed by atoms with E-state index in [0.717, 1.165) is 63.3 Å². The molecule has 254 valence electrons. The number of nitrogens with zero attached hydrogens (tertiary/aromatic N) is 2. The second-order valence-corrected chi connectivity index (χ2v) is 13.3. The standard InChI is InChI=1S/C21H23N3O2S.C9H14.C8H15OPS/c1-3-10-25-11-12-26-17-8-9-19-20(13-17)27-21-23-18(14-24(19)21)15-4-6-16(22-2)7-5-15;1-5-9(4)7-6-8(2)3;1-4-11-8(3)5-7(2)9-6-10/h4-9,13-14,22H,3,10-12H2,1-2H3;5-7H,2H2,1,3-4H3;5H,2,4,6,10H2,1,3H3/b;7-6-,9-5-;8-5+. The van der Waals surface area contributed by atoms with Gasteiger partial charge in [0.2, 0.25) is 0 Å². The molecule has 1 N–H and O–H groups in total. The van der Waals surface area contributed by atoms with Crippen molar-refractivity contribution in [2.24, 2.45) is 0 Å². The highest BCUT2D eigenvalue weighted by atomic mass is 32.2. The fraction of sp³-hybridized carbons (Fsp3) is 0.342. The topological polar surface area (TPSA) is 57.0 Å². The molecule has 47 heavy (non-hydrogen) atoms. The first kappa shape index (κ1) is 39.9. The van der Waals surface area contributed by atoms with Crippen molar-refractivity contribution in [3.8, 4) is 17.0 Å². The molecule has 2 aromatic carbocycles. The van der Waals surface area contributed by atoms with Gasteiger partial charge in [0, 0.05) is 31.1 Å². The van der Waals surface area contributed by atoms with Crippen molar-refractivity contribution in [1.29, 1.82) is 0 Å². The molecule has 0 radical (unpaired) electrons. The largest absolute Gasteiger partial charge is 0.491 e. The van der Waals surface area contributed by atoms with Gasteiger partial charge in [-0.05, 0) is 81.2 Å². The molecule has 9 heteroatoms. The van der Waals surface area contributed by atoms with Gasteiger partial charge in [0.05, 0.1) is 22.5 Å². The monoisotopic (exact) mass is 693 g/mol. The highest BCUT2D eigenvalue weighted by Crippen LogP contribution is 2.32. The molecule has 0 amide bonds. The summed E-state index contributed by atoms with van der Waals surface area (Å²) in [7, 11) is 4.41. The SMILES string of the molecule is C=C(/C=C(\C)SCC)OCP.C=C(C)/C=C\C(C)=C/C.CCCOCCOc1ccc2c(c1)sc1nc(-c3ccc(NC)cc3)cn12. The van der Waals surface area contributed by atoms with Crippen molar-refractivity contribution in [1.82, 2.24) is 9.38 Å². The number of hydrogen-bond donors (Lipinski definition) is 1. The van der Waals surface area contributed by atoms with Gasteiger partial charge in [-0.25, -0.2) is 4.98 Å². The number of allylic oxidation sites excluding steroid dienone is 7. The van der Waals surface area contributed by atoms with Crippen molar-refractivity contribution in [3.63, 3.8) is 0 Å². The van der Waals surface area contributed by atoms with Crippen molar-refractivity contribution >= 4 is 53.2 Å². The molecule has 0 aliphatic rings. The summed E-state index contributed by atoms with van der Waals surface area (Å²) >= 11 is 3.47. The third kappa shape index (κ3) is 14.6. The first-order chi connectivity index (χ1) is 22.6. The number of fused-ring (bicyclic) bond motifs is 3. The smallest absolute Gasteiger partial charge is 0.195 e. The van der Waals surface area contributed by atoms with Gasteiger partial charge in [-0.2, -0.15) is 0 Å². The van der Waals surface area contributed by atoms with Crippen LogP contribution >= 0.6 is 32.3 Å². The Hall–Kier alpha value is -3.29. The summed E-state index contributed by atoms with van der Waals surface area (Å²) in [5.41, 5.74) is 6.71. The van der Waals surface area contributed by atoms with Crippen molar-refractivity contribution in [2.45, 2.75) is 48.0 Å². The van der Waals surface area contributed by atoms with Crippen LogP contribution in [0.5, 0.6) is 5.75 Å². The lowest BCUT2D eigenvalue weighted by Crippen LogP contribution is -2.06. The van der Waals surface area contributed by atoms with Crippen LogP contribution in [0.2, 0.25) is 0 Å². The van der Waals surface area contributed by atoms with E-state index in [2.05, 4.69) is 115 Å². The molecule has 0 bridgehead atoms. The van der Waals surface area contributed by atoms with E-state index < -0.39 is 0 Å². The number of hydrogen-bond acceptors (Lipinski definition) is 7. The number of benzene rings is 2. The fourth-order valence-corrected chi connectivity index (χ4v) is 5.92. The Bertz CT molecular complexity index is 1640. The van der Waals surface area contributed by atoms with E-state index in [1.807, 2.05) is 39.1 Å². The number of ether oxygens (including phenoxy) is 3. The summed E-state index contributed by atoms with van der Waals surface area (Å²) in [5.74, 6) is 2.70. The maximum absolute atomic E-state index is 5.79. The summed E-state index contributed by atoms with van der Waals surface area (Å²) in [6.45, 7) is 21.8. The zero-order valence-corrected chi connectivity index (χ0v) is 31.9. The Balaban J connectivity index is 0.000000318. The molecule has 1 unspecified atom stereocenters. The van der Waals surface area contributed by atoms with Gasteiger partial charge in [0.1, 0.15) is 24.5 Å². The van der Waals surface area contributed by atoms with Crippen LogP contribution < -0.4 is 10.1 Å². The number of rotatable bonds is 15. The number of thiazole rings is 1. The van der Waals surface area contributed by atoms with Crippen LogP contribution in [0, 0.1) is 0 Å². The zero-order valence-electron chi connectivity index (χ0n) is 29.1. The minimum Gasteiger partial charge on any atom is -0.491 e. The second-order valence-electron chi connectivity index (χ2n) is 10.5. The lowest BCUT2D eigenvalue weighted by molar-refractivity contribution is 0.101. The summed E-state index contributed by atoms with van der Waals surface area (Å²) in [6, 6.07) is 14.5. The van der Waals surface area contributed by atoms with Gasteiger partial charge in [-0.3, -0.25) is 4.40 Å². The molecule has 4 aromatic rings. The molecule has 6 nitrogen and oxygen atoms in total. The quantitative estimate of drug-likeness (QED) is 0.0579. The number of aromatic nitrogens is 2. The van der Waals surface area contributed by atoms with Crippen LogP contribution in [-0.4, -0.2) is 48.4 Å². The van der Waals surface area contributed by atoms with Crippen LogP contribution in [0.1, 0.15) is 48.0 Å². The Labute approximate surface area is 292 Å². The van der Waals surface area contributed by atoms with Crippen LogP contribution in [0.4, 0.5) is 5.69 Å². The Morgan fingerprint density at radius 1 is 1.04 bits per heavy atom. The van der Waals surface area contributed by atoms with Gasteiger partial charge in [-0.15, -0.1) is 11.8 Å². The average Bonchev–Trinajstić information content (AvgIpc) is 3.62. The first-order valence-electron chi connectivity index (χ1n) is 15.8. The van der Waals surface area contributed by atoms with Gasteiger partial charge >= 0.3 is 0 Å². The van der Waals surface area contributed by atoms with E-state index in [1.54, 1.807) is 23.1 Å². The predicted molar refractivity (Wildman–Crippen MR) is 212 cm³/mol. The fourth-order valence-electron chi connectivity index (χ4n) is 4.00. The maximum Gasteiger partial charge on any atom is 0.195 e. The summed E-state index contributed by atoms with van der Waals surface area (Å²) in [5, 5.41) is 3.14. The molecule has 0 saturated carbocycles. The predicted octanol–water partition coefficient (Wildman–Crippen LogP) is 11.2. The molecule has 0 spiro atoms. The maximum atomic E-state index is 5.79. The third-order valence-corrected chi connectivity index (χ3v) is 8.52. The van der Waals surface area contributed by atoms with Gasteiger partial charge in [0.25, 0.3) is 0 Å². The summed E-state index contributed by atoms with van der Waals surface area (Å²) < 4.78 is 19.7. The Kier molecular flexibility index (Phi) is 18.9. The highest BCUT2D eigenvalue weighted by Gasteiger charge is 2.11. The molecular weight excluding hydrogens is 642 g/mol. The third-order valence-electron chi connectivity index (χ3n) is 6.47. The second kappa shape index (κ2) is 22.3. The van der Waals surface area contributed by atoms with Gasteiger partial charge < -0.3 is 19.5 Å². The van der Waals surface area contributed by atoms with E-state index in [0.29, 0.717) is 19.6 Å². The molecule has 4 rings (SSSR count). The Morgan fingerprint density at radius 2 is 1.79 bits per heavy atom. The van der Waals surface area contributed by atoms with Crippen molar-refractivity contribution in [3.05, 3.63) is 108 Å². The first-order valence-corrected chi connectivity index (χ1v) is 18.5. The van der Waals surface area contributed by atoms with Gasteiger partial charge in [-0.1, -0.05) is 89.1 Å². The number of anilines is 1. The van der Waals surface area contributed by atoms with E-state index in [4.69, 9.17) is 19.2 Å². The highest BCUT2D eigenvalue weighted by molar-refractivity contribution is 8.03. The molecule has 0 fully saturated rings. The van der Waals surface area contributed by atoms with Crippen molar-refractivity contribution < 1.29 is 14.2 Å². The minimum absolute atomic E-state index is 0.570. The lowest BCUT2D eigenvalue weighted by Gasteiger charge is -2.06. The average molecular weight is 694 g/mol. The molecule has 2 heterocycles. The number of nitrogens with one attached hydrogen (secondary N) is 1. The van der Waals surface area contributed by atoms with E-state index in [1.165, 1.54) is 15.2 Å². The zero-order chi connectivity index (χ0) is 34.6. The molecule has 0 saturated heterocycles. The molecule has 1 atom stereocenters. The van der Waals surface area contributed by atoms with Crippen molar-refractivity contribution in [2.75, 3.05) is 44.3 Å². The number of thioether (sulfide) groups is 1. The lowest BCUT2D eigenvalue weighted by atomic mass is 10.1. The van der Waals surface area contributed by atoms with E-state index in [9.17, 15) is 0 Å². The van der Waals surface area contributed by atoms with E-state index in [-0.39, 0.29) is 0 Å². The normalized spacial score (nSPS) is 11.6. The van der Waals surface area contributed by atoms with Crippen LogP contribution in [0.25, 0.3) is 26.4 Å². The molecule has 2 aromatic heterocycles. The summed E-state index contributed by atoms with van der Waals surface area (Å²) in [4.78, 5) is 7.03. The van der Waals surface area contributed by atoms with Crippen LogP contribution in [0.3, 0.4) is 0 Å². The van der Waals surface area contributed by atoms with Crippen LogP contribution in [0.15, 0.2) is 108 Å². The minimum atomic E-state index is 0.570. The Morgan fingerprint density at radius 3 is 2.40 bits per heavy atom. The molecule has 0 aliphatic carbocycles. The number of imidazole rings is 1. The summed E-state index contributed by atoms with van der Waals surface area (Å²) in [6.07, 6.45) is 11.8. The molecule has 0 aliphatic heterocycles. The van der Waals surface area contributed by atoms with Gasteiger partial charge in [0.15, 0.2) is 4.96 Å². The van der Waals surface area contributed by atoms with Crippen LogP contribution in [-0.2, 0) is 9.47 Å².